The lowest BCUT2D eigenvalue weighted by Crippen LogP contribution is -2.43. The summed E-state index contributed by atoms with van der Waals surface area (Å²) < 4.78 is 5.42. The molecule has 7 nitrogen and oxygen atoms in total. The van der Waals surface area contributed by atoms with Gasteiger partial charge in [0.05, 0.1) is 24.2 Å². The first-order valence-corrected chi connectivity index (χ1v) is 9.60. The van der Waals surface area contributed by atoms with Gasteiger partial charge in [-0.25, -0.2) is 15.8 Å². The highest BCUT2D eigenvalue weighted by Crippen LogP contribution is 2.29. The molecule has 1 aliphatic heterocycles. The van der Waals surface area contributed by atoms with E-state index in [0.717, 1.165) is 41.0 Å². The van der Waals surface area contributed by atoms with Crippen LogP contribution in [0.15, 0.2) is 48.5 Å². The average Bonchev–Trinajstić information content (AvgIpc) is 3.38. The fraction of sp³-hybridized carbons (Fsp3) is 0.333. The van der Waals surface area contributed by atoms with Gasteiger partial charge in [0.1, 0.15) is 17.6 Å². The van der Waals surface area contributed by atoms with Crippen molar-refractivity contribution < 1.29 is 9.53 Å². The predicted molar refractivity (Wildman–Crippen MR) is 108 cm³/mol. The minimum atomic E-state index is -0.263. The van der Waals surface area contributed by atoms with Crippen molar-refractivity contribution in [1.29, 1.82) is 0 Å². The molecular formula is C21H25N5O2. The number of hydrazine groups is 1. The second kappa shape index (κ2) is 8.41. The topological polar surface area (TPSA) is 91.1 Å². The molecule has 0 spiro atoms. The van der Waals surface area contributed by atoms with Crippen LogP contribution in [0.4, 0.5) is 0 Å². The van der Waals surface area contributed by atoms with Gasteiger partial charge < -0.3 is 15.0 Å². The number of fused-ring (bicyclic) bond motifs is 1. The van der Waals surface area contributed by atoms with Gasteiger partial charge in [0, 0.05) is 18.5 Å². The molecule has 4 N–H and O–H groups in total. The summed E-state index contributed by atoms with van der Waals surface area (Å²) in [5.41, 5.74) is 9.38. The van der Waals surface area contributed by atoms with Gasteiger partial charge in [-0.15, -0.1) is 0 Å². The first-order chi connectivity index (χ1) is 13.7. The Morgan fingerprint density at radius 1 is 1.18 bits per heavy atom. The monoisotopic (exact) mass is 379 g/mol. The third-order valence-corrected chi connectivity index (χ3v) is 5.06. The summed E-state index contributed by atoms with van der Waals surface area (Å²) in [5, 5.41) is 3.01. The number of hydrogen-bond donors (Lipinski definition) is 4. The Labute approximate surface area is 163 Å². The van der Waals surface area contributed by atoms with Crippen LogP contribution in [0.5, 0.6) is 5.75 Å². The molecule has 2 heterocycles. The Hall–Kier alpha value is -2.90. The van der Waals surface area contributed by atoms with Crippen molar-refractivity contribution in [2.24, 2.45) is 0 Å². The number of rotatable bonds is 7. The Morgan fingerprint density at radius 2 is 2.00 bits per heavy atom. The van der Waals surface area contributed by atoms with Gasteiger partial charge in [0.2, 0.25) is 5.91 Å². The van der Waals surface area contributed by atoms with Crippen molar-refractivity contribution in [2.75, 3.05) is 13.7 Å². The summed E-state index contributed by atoms with van der Waals surface area (Å²) in [6.07, 6.45) is 2.31. The summed E-state index contributed by atoms with van der Waals surface area (Å²) in [7, 11) is 1.66. The van der Waals surface area contributed by atoms with E-state index in [1.165, 1.54) is 0 Å². The van der Waals surface area contributed by atoms with E-state index in [9.17, 15) is 4.79 Å². The maximum atomic E-state index is 12.5. The standard InChI is InChI=1S/C21H25N5O2/c1-28-19-10-5-2-7-14(19)17-13-18(26-25-17)21(27)22-12-6-11-20-23-15-8-3-4-9-16(15)24-20/h2-5,7-10,17-18,25-26H,6,11-13H2,1H3,(H,22,27)(H,23,24). The smallest absolute Gasteiger partial charge is 0.238 e. The fourth-order valence-corrected chi connectivity index (χ4v) is 3.60. The van der Waals surface area contributed by atoms with Crippen LogP contribution in [-0.4, -0.2) is 35.6 Å². The number of aromatic nitrogens is 2. The van der Waals surface area contributed by atoms with Crippen LogP contribution in [0.3, 0.4) is 0 Å². The number of para-hydroxylation sites is 3. The third-order valence-electron chi connectivity index (χ3n) is 5.06. The highest BCUT2D eigenvalue weighted by molar-refractivity contribution is 5.82. The first kappa shape index (κ1) is 18.5. The number of aryl methyl sites for hydroxylation is 1. The highest BCUT2D eigenvalue weighted by Gasteiger charge is 2.31. The van der Waals surface area contributed by atoms with Crippen molar-refractivity contribution in [3.05, 3.63) is 59.9 Å². The minimum Gasteiger partial charge on any atom is -0.496 e. The number of carbonyl (C=O) groups excluding carboxylic acids is 1. The number of nitrogens with zero attached hydrogens (tertiary/aromatic N) is 1. The summed E-state index contributed by atoms with van der Waals surface area (Å²) in [5.74, 6) is 1.79. The van der Waals surface area contributed by atoms with Crippen molar-refractivity contribution in [1.82, 2.24) is 26.1 Å². The number of hydrogen-bond acceptors (Lipinski definition) is 5. The normalized spacial score (nSPS) is 19.0. The third kappa shape index (κ3) is 4.00. The van der Waals surface area contributed by atoms with Crippen LogP contribution < -0.4 is 20.9 Å². The van der Waals surface area contributed by atoms with Crippen LogP contribution >= 0.6 is 0 Å². The Balaban J connectivity index is 1.24. The Kier molecular flexibility index (Phi) is 5.55. The minimum absolute atomic E-state index is 0.00880. The molecule has 7 heteroatoms. The molecule has 1 amide bonds. The van der Waals surface area contributed by atoms with Crippen molar-refractivity contribution in [3.8, 4) is 5.75 Å². The quantitative estimate of drug-likeness (QED) is 0.473. The molecule has 1 fully saturated rings. The number of carbonyl (C=O) groups is 1. The lowest BCUT2D eigenvalue weighted by molar-refractivity contribution is -0.122. The van der Waals surface area contributed by atoms with Crippen molar-refractivity contribution in [3.63, 3.8) is 0 Å². The van der Waals surface area contributed by atoms with E-state index < -0.39 is 0 Å². The number of benzene rings is 2. The molecular weight excluding hydrogens is 354 g/mol. The molecule has 0 aliphatic carbocycles. The fourth-order valence-electron chi connectivity index (χ4n) is 3.60. The maximum Gasteiger partial charge on any atom is 0.238 e. The van der Waals surface area contributed by atoms with E-state index in [2.05, 4.69) is 26.1 Å². The predicted octanol–water partition coefficient (Wildman–Crippen LogP) is 2.23. The highest BCUT2D eigenvalue weighted by atomic mass is 16.5. The van der Waals surface area contributed by atoms with Crippen molar-refractivity contribution >= 4 is 16.9 Å². The Morgan fingerprint density at radius 3 is 2.86 bits per heavy atom. The van der Waals surface area contributed by atoms with Gasteiger partial charge in [0.25, 0.3) is 0 Å². The molecule has 28 heavy (non-hydrogen) atoms. The van der Waals surface area contributed by atoms with Crippen LogP contribution in [0.1, 0.15) is 30.3 Å². The molecule has 0 bridgehead atoms. The zero-order chi connectivity index (χ0) is 19.3. The number of ether oxygens (including phenoxy) is 1. The van der Waals surface area contributed by atoms with E-state index >= 15 is 0 Å². The molecule has 2 aromatic carbocycles. The zero-order valence-corrected chi connectivity index (χ0v) is 15.9. The van der Waals surface area contributed by atoms with Gasteiger partial charge in [-0.3, -0.25) is 4.79 Å². The second-order valence-electron chi connectivity index (χ2n) is 6.97. The summed E-state index contributed by atoms with van der Waals surface area (Å²) in [4.78, 5) is 20.3. The number of nitrogens with one attached hydrogen (secondary N) is 4. The first-order valence-electron chi connectivity index (χ1n) is 9.60. The molecule has 2 unspecified atom stereocenters. The van der Waals surface area contributed by atoms with Crippen LogP contribution in [0, 0.1) is 0 Å². The number of imidazole rings is 1. The molecule has 146 valence electrons. The number of methoxy groups -OCH3 is 1. The molecule has 2 atom stereocenters. The largest absolute Gasteiger partial charge is 0.496 e. The van der Waals surface area contributed by atoms with Gasteiger partial charge in [0.15, 0.2) is 0 Å². The van der Waals surface area contributed by atoms with Gasteiger partial charge in [-0.05, 0) is 31.0 Å². The molecule has 1 aromatic heterocycles. The van der Waals surface area contributed by atoms with Crippen LogP contribution in [0.2, 0.25) is 0 Å². The summed E-state index contributed by atoms with van der Waals surface area (Å²) in [6.45, 7) is 0.618. The maximum absolute atomic E-state index is 12.5. The van der Waals surface area contributed by atoms with E-state index in [1.54, 1.807) is 7.11 Å². The molecule has 1 saturated heterocycles. The van der Waals surface area contributed by atoms with Gasteiger partial charge in [-0.2, -0.15) is 0 Å². The lowest BCUT2D eigenvalue weighted by Gasteiger charge is -2.14. The zero-order valence-electron chi connectivity index (χ0n) is 15.9. The average molecular weight is 379 g/mol. The van der Waals surface area contributed by atoms with E-state index in [1.807, 2.05) is 48.5 Å². The van der Waals surface area contributed by atoms with E-state index in [-0.39, 0.29) is 18.0 Å². The van der Waals surface area contributed by atoms with Gasteiger partial charge in [-0.1, -0.05) is 30.3 Å². The molecule has 0 radical (unpaired) electrons. The lowest BCUT2D eigenvalue weighted by atomic mass is 10.0. The molecule has 0 saturated carbocycles. The number of amides is 1. The van der Waals surface area contributed by atoms with Crippen molar-refractivity contribution in [2.45, 2.75) is 31.3 Å². The van der Waals surface area contributed by atoms with E-state index in [4.69, 9.17) is 4.74 Å². The van der Waals surface area contributed by atoms with Crippen LogP contribution in [0.25, 0.3) is 11.0 Å². The molecule has 1 aliphatic rings. The van der Waals surface area contributed by atoms with E-state index in [0.29, 0.717) is 13.0 Å². The second-order valence-corrected chi connectivity index (χ2v) is 6.97. The van der Waals surface area contributed by atoms with Gasteiger partial charge >= 0.3 is 0 Å². The molecule has 4 rings (SSSR count). The Bertz CT molecular complexity index is 922. The summed E-state index contributed by atoms with van der Waals surface area (Å²) in [6, 6.07) is 15.6. The summed E-state index contributed by atoms with van der Waals surface area (Å²) >= 11 is 0. The SMILES string of the molecule is COc1ccccc1C1CC(C(=O)NCCCc2nc3ccccc3[nH]2)NN1. The number of H-pyrrole nitrogens is 1. The van der Waals surface area contributed by atoms with Crippen LogP contribution in [-0.2, 0) is 11.2 Å². The number of aromatic amines is 1. The molecule has 3 aromatic rings.